The standard InChI is InChI=1S/C27H36N4O5/c1-19-8-10-22(11-9-19)29-27(34)31-15-12-20(13-16-31)24(26(33)28-14-5-17-35-2)30-25(32)21-6-4-7-23(18-21)36-3/h4,6-11,18,20,24H,5,12-17H2,1-3H3,(H,28,33)(H,29,34)(H,30,32). The van der Waals surface area contributed by atoms with Crippen molar-refractivity contribution in [3.05, 3.63) is 59.7 Å². The minimum Gasteiger partial charge on any atom is -0.497 e. The first kappa shape index (κ1) is 27.0. The number of nitrogens with zero attached hydrogens (tertiary/aromatic N) is 1. The van der Waals surface area contributed by atoms with E-state index in [-0.39, 0.29) is 23.8 Å². The molecule has 0 aromatic heterocycles. The fourth-order valence-corrected chi connectivity index (χ4v) is 4.20. The van der Waals surface area contributed by atoms with Gasteiger partial charge in [0.1, 0.15) is 11.8 Å². The highest BCUT2D eigenvalue weighted by Crippen LogP contribution is 2.23. The molecule has 1 saturated heterocycles. The fourth-order valence-electron chi connectivity index (χ4n) is 4.20. The highest BCUT2D eigenvalue weighted by molar-refractivity contribution is 5.98. The third-order valence-electron chi connectivity index (χ3n) is 6.33. The number of nitrogens with one attached hydrogen (secondary N) is 3. The second kappa shape index (κ2) is 13.5. The third-order valence-corrected chi connectivity index (χ3v) is 6.33. The van der Waals surface area contributed by atoms with Crippen molar-refractivity contribution in [2.45, 2.75) is 32.2 Å². The van der Waals surface area contributed by atoms with Gasteiger partial charge in [0.2, 0.25) is 5.91 Å². The van der Waals surface area contributed by atoms with Gasteiger partial charge in [0.15, 0.2) is 0 Å². The summed E-state index contributed by atoms with van der Waals surface area (Å²) in [4.78, 5) is 40.6. The molecule has 1 aliphatic heterocycles. The zero-order valence-corrected chi connectivity index (χ0v) is 21.2. The van der Waals surface area contributed by atoms with Gasteiger partial charge in [-0.05, 0) is 62.4 Å². The lowest BCUT2D eigenvalue weighted by Gasteiger charge is -2.35. The van der Waals surface area contributed by atoms with E-state index in [2.05, 4.69) is 16.0 Å². The van der Waals surface area contributed by atoms with Crippen molar-refractivity contribution in [1.29, 1.82) is 0 Å². The second-order valence-electron chi connectivity index (χ2n) is 8.94. The second-order valence-corrected chi connectivity index (χ2v) is 8.94. The summed E-state index contributed by atoms with van der Waals surface area (Å²) in [6.45, 7) is 3.97. The van der Waals surface area contributed by atoms with Crippen LogP contribution in [0.4, 0.5) is 10.5 Å². The van der Waals surface area contributed by atoms with Crippen LogP contribution in [-0.4, -0.2) is 69.2 Å². The van der Waals surface area contributed by atoms with E-state index >= 15 is 0 Å². The Morgan fingerprint density at radius 2 is 1.78 bits per heavy atom. The number of benzene rings is 2. The first-order chi connectivity index (χ1) is 17.4. The topological polar surface area (TPSA) is 109 Å². The molecule has 0 spiro atoms. The summed E-state index contributed by atoms with van der Waals surface area (Å²) >= 11 is 0. The minimum absolute atomic E-state index is 0.106. The molecule has 1 aliphatic rings. The first-order valence-corrected chi connectivity index (χ1v) is 12.3. The molecule has 9 heteroatoms. The molecule has 3 N–H and O–H groups in total. The molecule has 3 rings (SSSR count). The van der Waals surface area contributed by atoms with Crippen molar-refractivity contribution in [2.24, 2.45) is 5.92 Å². The van der Waals surface area contributed by atoms with Crippen molar-refractivity contribution in [3.63, 3.8) is 0 Å². The van der Waals surface area contributed by atoms with Crippen LogP contribution in [0.3, 0.4) is 0 Å². The summed E-state index contributed by atoms with van der Waals surface area (Å²) in [5, 5.41) is 8.77. The Labute approximate surface area is 212 Å². The lowest BCUT2D eigenvalue weighted by Crippen LogP contribution is -2.54. The van der Waals surface area contributed by atoms with Gasteiger partial charge >= 0.3 is 6.03 Å². The van der Waals surface area contributed by atoms with Gasteiger partial charge in [-0.2, -0.15) is 0 Å². The number of rotatable bonds is 10. The molecule has 4 amide bonds. The third kappa shape index (κ3) is 7.71. The Morgan fingerprint density at radius 3 is 2.44 bits per heavy atom. The zero-order valence-electron chi connectivity index (χ0n) is 21.2. The Hall–Kier alpha value is -3.59. The summed E-state index contributed by atoms with van der Waals surface area (Å²) in [6, 6.07) is 13.6. The van der Waals surface area contributed by atoms with E-state index in [4.69, 9.17) is 9.47 Å². The van der Waals surface area contributed by atoms with E-state index in [0.29, 0.717) is 56.8 Å². The number of piperidine rings is 1. The van der Waals surface area contributed by atoms with Crippen LogP contribution in [0.2, 0.25) is 0 Å². The average Bonchev–Trinajstić information content (AvgIpc) is 2.91. The summed E-state index contributed by atoms with van der Waals surface area (Å²) in [7, 11) is 3.15. The van der Waals surface area contributed by atoms with Crippen LogP contribution < -0.4 is 20.7 Å². The molecule has 1 fully saturated rings. The minimum atomic E-state index is -0.714. The van der Waals surface area contributed by atoms with E-state index in [0.717, 1.165) is 11.3 Å². The average molecular weight is 497 g/mol. The molecule has 9 nitrogen and oxygen atoms in total. The first-order valence-electron chi connectivity index (χ1n) is 12.3. The maximum atomic E-state index is 13.1. The zero-order chi connectivity index (χ0) is 25.9. The summed E-state index contributed by atoms with van der Waals surface area (Å²) in [5.74, 6) is -0.114. The number of likely N-dealkylation sites (tertiary alicyclic amines) is 1. The lowest BCUT2D eigenvalue weighted by molar-refractivity contribution is -0.124. The number of urea groups is 1. The molecule has 1 heterocycles. The molecular weight excluding hydrogens is 460 g/mol. The van der Waals surface area contributed by atoms with Gasteiger partial charge in [-0.25, -0.2) is 4.79 Å². The molecular formula is C27H36N4O5. The smallest absolute Gasteiger partial charge is 0.321 e. The normalized spacial score (nSPS) is 14.6. The van der Waals surface area contributed by atoms with Gasteiger partial charge in [-0.1, -0.05) is 23.8 Å². The molecule has 1 atom stereocenters. The quantitative estimate of drug-likeness (QED) is 0.438. The molecule has 2 aromatic carbocycles. The maximum absolute atomic E-state index is 13.1. The SMILES string of the molecule is COCCCNC(=O)C(NC(=O)c1cccc(OC)c1)C1CCN(C(=O)Nc2ccc(C)cc2)CC1. The number of carbonyl (C=O) groups is 3. The predicted octanol–water partition coefficient (Wildman–Crippen LogP) is 3.20. The Balaban J connectivity index is 1.63. The summed E-state index contributed by atoms with van der Waals surface area (Å²) < 4.78 is 10.3. The van der Waals surface area contributed by atoms with Gasteiger partial charge in [0.05, 0.1) is 7.11 Å². The largest absolute Gasteiger partial charge is 0.497 e. The van der Waals surface area contributed by atoms with Crippen LogP contribution in [0, 0.1) is 12.8 Å². The van der Waals surface area contributed by atoms with Crippen molar-refractivity contribution < 1.29 is 23.9 Å². The van der Waals surface area contributed by atoms with Gasteiger partial charge < -0.3 is 30.3 Å². The predicted molar refractivity (Wildman–Crippen MR) is 138 cm³/mol. The summed E-state index contributed by atoms with van der Waals surface area (Å²) in [5.41, 5.74) is 2.28. The molecule has 1 unspecified atom stereocenters. The van der Waals surface area contributed by atoms with Crippen LogP contribution in [0.15, 0.2) is 48.5 Å². The number of hydrogen-bond donors (Lipinski definition) is 3. The van der Waals surface area contributed by atoms with E-state index < -0.39 is 6.04 Å². The number of ether oxygens (including phenoxy) is 2. The molecule has 2 aromatic rings. The van der Waals surface area contributed by atoms with Crippen molar-refractivity contribution in [1.82, 2.24) is 15.5 Å². The number of carbonyl (C=O) groups excluding carboxylic acids is 3. The van der Waals surface area contributed by atoms with Crippen LogP contribution in [-0.2, 0) is 9.53 Å². The van der Waals surface area contributed by atoms with Crippen molar-refractivity contribution >= 4 is 23.5 Å². The monoisotopic (exact) mass is 496 g/mol. The van der Waals surface area contributed by atoms with Crippen LogP contribution in [0.5, 0.6) is 5.75 Å². The molecule has 0 bridgehead atoms. The van der Waals surface area contributed by atoms with Gasteiger partial charge in [0.25, 0.3) is 5.91 Å². The maximum Gasteiger partial charge on any atom is 0.321 e. The van der Waals surface area contributed by atoms with Crippen LogP contribution >= 0.6 is 0 Å². The van der Waals surface area contributed by atoms with E-state index in [9.17, 15) is 14.4 Å². The Morgan fingerprint density at radius 1 is 1.06 bits per heavy atom. The van der Waals surface area contributed by atoms with Gasteiger partial charge in [0, 0.05) is 44.6 Å². The molecule has 194 valence electrons. The molecule has 36 heavy (non-hydrogen) atoms. The molecule has 0 saturated carbocycles. The number of hydrogen-bond acceptors (Lipinski definition) is 5. The Bertz CT molecular complexity index is 1020. The van der Waals surface area contributed by atoms with E-state index in [1.54, 1.807) is 36.3 Å². The molecule has 0 aliphatic carbocycles. The number of aryl methyl sites for hydroxylation is 1. The van der Waals surface area contributed by atoms with Crippen LogP contribution in [0.25, 0.3) is 0 Å². The van der Waals surface area contributed by atoms with Gasteiger partial charge in [-0.3, -0.25) is 9.59 Å². The fraction of sp³-hybridized carbons (Fsp3) is 0.444. The van der Waals surface area contributed by atoms with Crippen LogP contribution in [0.1, 0.15) is 35.2 Å². The highest BCUT2D eigenvalue weighted by atomic mass is 16.5. The number of amides is 4. The van der Waals surface area contributed by atoms with Crippen molar-refractivity contribution in [2.75, 3.05) is 45.8 Å². The van der Waals surface area contributed by atoms with Gasteiger partial charge in [-0.15, -0.1) is 0 Å². The lowest BCUT2D eigenvalue weighted by atomic mass is 9.88. The number of anilines is 1. The summed E-state index contributed by atoms with van der Waals surface area (Å²) in [6.07, 6.45) is 1.86. The van der Waals surface area contributed by atoms with E-state index in [1.807, 2.05) is 31.2 Å². The van der Waals surface area contributed by atoms with E-state index in [1.165, 1.54) is 7.11 Å². The highest BCUT2D eigenvalue weighted by Gasteiger charge is 2.34. The molecule has 0 radical (unpaired) electrons. The van der Waals surface area contributed by atoms with Crippen molar-refractivity contribution in [3.8, 4) is 5.75 Å². The Kier molecular flexibility index (Phi) is 10.1. The number of methoxy groups -OCH3 is 2.